The van der Waals surface area contributed by atoms with Crippen molar-refractivity contribution in [3.05, 3.63) is 29.7 Å². The summed E-state index contributed by atoms with van der Waals surface area (Å²) in [6, 6.07) is 5.04. The predicted octanol–water partition coefficient (Wildman–Crippen LogP) is 2.15. The molecule has 1 saturated heterocycles. The molecule has 2 fully saturated rings. The van der Waals surface area contributed by atoms with Crippen LogP contribution in [0.1, 0.15) is 37.1 Å². The zero-order valence-corrected chi connectivity index (χ0v) is 16.6. The smallest absolute Gasteiger partial charge is 0.249 e. The van der Waals surface area contributed by atoms with Crippen LogP contribution in [-0.4, -0.2) is 46.7 Å². The van der Waals surface area contributed by atoms with Crippen molar-refractivity contribution < 1.29 is 19.2 Å². The summed E-state index contributed by atoms with van der Waals surface area (Å²) in [4.78, 5) is 24.9. The fraction of sp³-hybridized carbons (Fsp3) is 0.476. The molecular formula is C21H26N4O4. The number of hydrogen-bond acceptors (Lipinski definition) is 7. The van der Waals surface area contributed by atoms with Crippen LogP contribution in [0.3, 0.4) is 0 Å². The van der Waals surface area contributed by atoms with Gasteiger partial charge >= 0.3 is 0 Å². The summed E-state index contributed by atoms with van der Waals surface area (Å²) < 4.78 is 5.28. The molecule has 0 bridgehead atoms. The summed E-state index contributed by atoms with van der Waals surface area (Å²) in [6.45, 7) is 4.37. The topological polar surface area (TPSA) is 116 Å². The number of benzene rings is 1. The summed E-state index contributed by atoms with van der Waals surface area (Å²) >= 11 is 0. The number of nitrogens with one attached hydrogen (secondary N) is 3. The molecule has 1 amide bonds. The molecule has 0 spiro atoms. The van der Waals surface area contributed by atoms with Gasteiger partial charge in [0.25, 0.3) is 0 Å². The third-order valence-corrected chi connectivity index (χ3v) is 5.60. The van der Waals surface area contributed by atoms with Gasteiger partial charge in [0.15, 0.2) is 5.78 Å². The molecule has 1 saturated carbocycles. The first kappa shape index (κ1) is 19.6. The Morgan fingerprint density at radius 2 is 2.07 bits per heavy atom. The average Bonchev–Trinajstić information content (AvgIpc) is 3.00. The van der Waals surface area contributed by atoms with Gasteiger partial charge in [-0.1, -0.05) is 11.2 Å². The van der Waals surface area contributed by atoms with Crippen molar-refractivity contribution in [2.75, 3.05) is 17.2 Å². The highest BCUT2D eigenvalue weighted by atomic mass is 16.5. The van der Waals surface area contributed by atoms with E-state index in [0.717, 1.165) is 28.9 Å². The maximum Gasteiger partial charge on any atom is 0.249 e. The average molecular weight is 398 g/mol. The molecule has 4 rings (SSSR count). The summed E-state index contributed by atoms with van der Waals surface area (Å²) in [5.41, 5.74) is 3.88. The lowest BCUT2D eigenvalue weighted by Gasteiger charge is -2.33. The molecular weight excluding hydrogens is 372 g/mol. The molecule has 1 aliphatic carbocycles. The number of anilines is 2. The molecule has 1 aliphatic heterocycles. The third-order valence-electron chi connectivity index (χ3n) is 5.60. The largest absolute Gasteiger partial charge is 0.393 e. The van der Waals surface area contributed by atoms with Crippen molar-refractivity contribution in [3.63, 3.8) is 0 Å². The van der Waals surface area contributed by atoms with E-state index in [9.17, 15) is 14.7 Å². The van der Waals surface area contributed by atoms with E-state index < -0.39 is 6.04 Å². The van der Waals surface area contributed by atoms with Crippen LogP contribution in [0.15, 0.2) is 22.7 Å². The molecule has 1 aromatic heterocycles. The van der Waals surface area contributed by atoms with Crippen molar-refractivity contribution in [1.29, 1.82) is 0 Å². The number of aliphatic hydroxyl groups is 1. The van der Waals surface area contributed by atoms with Gasteiger partial charge in [-0.15, -0.1) is 0 Å². The second kappa shape index (κ2) is 7.96. The fourth-order valence-electron chi connectivity index (χ4n) is 3.96. The Kier molecular flexibility index (Phi) is 5.38. The van der Waals surface area contributed by atoms with Crippen molar-refractivity contribution in [2.45, 2.75) is 57.7 Å². The number of rotatable bonds is 5. The Morgan fingerprint density at radius 3 is 2.72 bits per heavy atom. The summed E-state index contributed by atoms with van der Waals surface area (Å²) in [7, 11) is 0. The molecule has 1 atom stereocenters. The van der Waals surface area contributed by atoms with E-state index >= 15 is 0 Å². The van der Waals surface area contributed by atoms with Crippen LogP contribution in [0, 0.1) is 13.8 Å². The van der Waals surface area contributed by atoms with Gasteiger partial charge in [-0.3, -0.25) is 14.9 Å². The Labute approximate surface area is 169 Å². The van der Waals surface area contributed by atoms with Gasteiger partial charge in [0.1, 0.15) is 11.8 Å². The molecule has 2 heterocycles. The quantitative estimate of drug-likeness (QED) is 0.570. The molecule has 1 unspecified atom stereocenters. The SMILES string of the molecule is Cc1noc(C)c1-c1ccc(NC2CC(O)C2)c(NC(=O)C2NCCCC2=O)c1. The molecule has 8 heteroatoms. The van der Waals surface area contributed by atoms with E-state index in [0.29, 0.717) is 37.3 Å². The van der Waals surface area contributed by atoms with Crippen molar-refractivity contribution in [1.82, 2.24) is 10.5 Å². The Bertz CT molecular complexity index is 913. The number of hydrogen-bond donors (Lipinski definition) is 4. The van der Waals surface area contributed by atoms with Crippen LogP contribution >= 0.6 is 0 Å². The highest BCUT2D eigenvalue weighted by molar-refractivity contribution is 6.12. The lowest BCUT2D eigenvalue weighted by molar-refractivity contribution is -0.129. The molecule has 0 radical (unpaired) electrons. The van der Waals surface area contributed by atoms with Gasteiger partial charge in [0, 0.05) is 18.0 Å². The number of aryl methyl sites for hydroxylation is 2. The highest BCUT2D eigenvalue weighted by Gasteiger charge is 2.30. The number of carbonyl (C=O) groups is 2. The number of aromatic nitrogens is 1. The van der Waals surface area contributed by atoms with Gasteiger partial charge in [-0.25, -0.2) is 0 Å². The lowest BCUT2D eigenvalue weighted by Crippen LogP contribution is -2.49. The monoisotopic (exact) mass is 398 g/mol. The van der Waals surface area contributed by atoms with Crippen LogP contribution < -0.4 is 16.0 Å². The summed E-state index contributed by atoms with van der Waals surface area (Å²) in [5, 5.41) is 22.9. The van der Waals surface area contributed by atoms with E-state index in [4.69, 9.17) is 4.52 Å². The first-order valence-electron chi connectivity index (χ1n) is 10.0. The van der Waals surface area contributed by atoms with E-state index in [-0.39, 0.29) is 23.8 Å². The Hall–Kier alpha value is -2.71. The standard InChI is InChI=1S/C21H26N4O4/c1-11-19(12(2)29-25-11)13-5-6-16(23-14-9-15(26)10-14)17(8-13)24-21(28)20-18(27)4-3-7-22-20/h5-6,8,14-15,20,22-23,26H,3-4,7,9-10H2,1-2H3,(H,24,28). The number of piperidine rings is 1. The van der Waals surface area contributed by atoms with E-state index in [1.54, 1.807) is 0 Å². The maximum atomic E-state index is 12.8. The number of nitrogens with zero attached hydrogens (tertiary/aromatic N) is 1. The van der Waals surface area contributed by atoms with Gasteiger partial charge in [0.2, 0.25) is 5.91 Å². The number of carbonyl (C=O) groups excluding carboxylic acids is 2. The van der Waals surface area contributed by atoms with Crippen LogP contribution in [0.2, 0.25) is 0 Å². The van der Waals surface area contributed by atoms with Crippen molar-refractivity contribution in [3.8, 4) is 11.1 Å². The normalized spacial score (nSPS) is 24.1. The minimum atomic E-state index is -0.829. The minimum absolute atomic E-state index is 0.0905. The van der Waals surface area contributed by atoms with Crippen molar-refractivity contribution in [2.24, 2.45) is 0 Å². The molecule has 1 aromatic carbocycles. The molecule has 2 aromatic rings. The maximum absolute atomic E-state index is 12.8. The van der Waals surface area contributed by atoms with E-state index in [2.05, 4.69) is 21.1 Å². The number of amides is 1. The molecule has 8 nitrogen and oxygen atoms in total. The predicted molar refractivity (Wildman–Crippen MR) is 109 cm³/mol. The first-order valence-corrected chi connectivity index (χ1v) is 10.0. The van der Waals surface area contributed by atoms with Gasteiger partial charge in [-0.05, 0) is 57.4 Å². The zero-order valence-electron chi connectivity index (χ0n) is 16.6. The highest BCUT2D eigenvalue weighted by Crippen LogP contribution is 2.35. The summed E-state index contributed by atoms with van der Waals surface area (Å²) in [5.74, 6) is 0.251. The second-order valence-electron chi connectivity index (χ2n) is 7.87. The number of ketones is 1. The second-order valence-corrected chi connectivity index (χ2v) is 7.87. The molecule has 154 valence electrons. The Morgan fingerprint density at radius 1 is 1.28 bits per heavy atom. The number of aliphatic hydroxyl groups excluding tert-OH is 1. The summed E-state index contributed by atoms with van der Waals surface area (Å²) in [6.07, 6.45) is 2.22. The van der Waals surface area contributed by atoms with Gasteiger partial charge < -0.3 is 20.3 Å². The number of Topliss-reactive ketones (excluding diaryl/α,β-unsaturated/α-hetero) is 1. The van der Waals surface area contributed by atoms with Crippen molar-refractivity contribution >= 4 is 23.1 Å². The van der Waals surface area contributed by atoms with E-state index in [1.807, 2.05) is 32.0 Å². The molecule has 2 aliphatic rings. The fourth-order valence-corrected chi connectivity index (χ4v) is 3.96. The zero-order chi connectivity index (χ0) is 20.5. The molecule has 4 N–H and O–H groups in total. The first-order chi connectivity index (χ1) is 13.9. The Balaban J connectivity index is 1.63. The van der Waals surface area contributed by atoms with Crippen LogP contribution in [0.5, 0.6) is 0 Å². The van der Waals surface area contributed by atoms with Crippen LogP contribution in [0.25, 0.3) is 11.1 Å². The van der Waals surface area contributed by atoms with Gasteiger partial charge in [0.05, 0.1) is 23.2 Å². The minimum Gasteiger partial charge on any atom is -0.393 e. The van der Waals surface area contributed by atoms with Gasteiger partial charge in [-0.2, -0.15) is 0 Å². The third kappa shape index (κ3) is 4.04. The molecule has 29 heavy (non-hydrogen) atoms. The van der Waals surface area contributed by atoms with Crippen LogP contribution in [0.4, 0.5) is 11.4 Å². The van der Waals surface area contributed by atoms with E-state index in [1.165, 1.54) is 0 Å². The lowest BCUT2D eigenvalue weighted by atomic mass is 9.89. The van der Waals surface area contributed by atoms with Crippen LogP contribution in [-0.2, 0) is 9.59 Å².